The average Bonchev–Trinajstić information content (AvgIpc) is 2.68. The number of benzene rings is 1. The lowest BCUT2D eigenvalue weighted by Gasteiger charge is -2.22. The van der Waals surface area contributed by atoms with Crippen molar-refractivity contribution in [1.29, 1.82) is 0 Å². The fraction of sp³-hybridized carbons (Fsp3) is 0.739. The van der Waals surface area contributed by atoms with Gasteiger partial charge in [-0.15, -0.1) is 0 Å². The molecular formula is C23H39NO2. The summed E-state index contributed by atoms with van der Waals surface area (Å²) in [6.07, 6.45) is 12.8. The Morgan fingerprint density at radius 1 is 0.923 bits per heavy atom. The molecule has 0 bridgehead atoms. The maximum absolute atomic E-state index is 5.81. The van der Waals surface area contributed by atoms with Crippen molar-refractivity contribution < 1.29 is 9.47 Å². The van der Waals surface area contributed by atoms with Gasteiger partial charge in [-0.25, -0.2) is 0 Å². The van der Waals surface area contributed by atoms with Crippen molar-refractivity contribution >= 4 is 0 Å². The van der Waals surface area contributed by atoms with Gasteiger partial charge < -0.3 is 14.8 Å². The first-order valence-electron chi connectivity index (χ1n) is 10.9. The second-order valence-corrected chi connectivity index (χ2v) is 7.51. The summed E-state index contributed by atoms with van der Waals surface area (Å²) in [6.45, 7) is 7.10. The van der Waals surface area contributed by atoms with Crippen LogP contribution in [0, 0.1) is 5.92 Å². The fourth-order valence-corrected chi connectivity index (χ4v) is 3.79. The Morgan fingerprint density at radius 3 is 2.42 bits per heavy atom. The molecule has 1 aliphatic heterocycles. The van der Waals surface area contributed by atoms with Gasteiger partial charge in [-0.05, 0) is 76.1 Å². The number of para-hydroxylation sites is 1. The van der Waals surface area contributed by atoms with E-state index in [1.807, 2.05) is 6.92 Å². The van der Waals surface area contributed by atoms with Gasteiger partial charge in [-0.1, -0.05) is 43.9 Å². The lowest BCUT2D eigenvalue weighted by Crippen LogP contribution is -2.27. The molecule has 0 radical (unpaired) electrons. The number of hydrogen-bond acceptors (Lipinski definition) is 3. The van der Waals surface area contributed by atoms with E-state index in [0.717, 1.165) is 37.9 Å². The van der Waals surface area contributed by atoms with E-state index in [0.29, 0.717) is 0 Å². The molecule has 1 N–H and O–H groups in total. The van der Waals surface area contributed by atoms with E-state index in [1.165, 1.54) is 76.4 Å². The first-order valence-corrected chi connectivity index (χ1v) is 10.9. The van der Waals surface area contributed by atoms with Gasteiger partial charge in [0.15, 0.2) is 0 Å². The molecule has 0 saturated carbocycles. The van der Waals surface area contributed by atoms with Crippen molar-refractivity contribution in [1.82, 2.24) is 5.32 Å². The van der Waals surface area contributed by atoms with Crippen LogP contribution in [0.5, 0.6) is 5.75 Å². The maximum atomic E-state index is 5.81. The molecule has 0 spiro atoms. The Hall–Kier alpha value is -1.06. The minimum atomic E-state index is 0.739. The Labute approximate surface area is 160 Å². The van der Waals surface area contributed by atoms with Crippen LogP contribution in [0.2, 0.25) is 0 Å². The van der Waals surface area contributed by atoms with Crippen LogP contribution in [-0.2, 0) is 11.2 Å². The van der Waals surface area contributed by atoms with Gasteiger partial charge >= 0.3 is 0 Å². The van der Waals surface area contributed by atoms with Crippen molar-refractivity contribution in [3.05, 3.63) is 29.8 Å². The molecular weight excluding hydrogens is 322 g/mol. The van der Waals surface area contributed by atoms with Gasteiger partial charge in [0.25, 0.3) is 0 Å². The Bertz CT molecular complexity index is 457. The van der Waals surface area contributed by atoms with Gasteiger partial charge in [-0.2, -0.15) is 0 Å². The number of piperidine rings is 1. The summed E-state index contributed by atoms with van der Waals surface area (Å²) < 4.78 is 11.5. The first-order chi connectivity index (χ1) is 12.9. The third-order valence-electron chi connectivity index (χ3n) is 5.37. The Balaban J connectivity index is 1.38. The molecule has 1 aromatic carbocycles. The van der Waals surface area contributed by atoms with Crippen LogP contribution in [-0.4, -0.2) is 32.9 Å². The lowest BCUT2D eigenvalue weighted by molar-refractivity contribution is 0.125. The summed E-state index contributed by atoms with van der Waals surface area (Å²) in [7, 11) is 0. The monoisotopic (exact) mass is 361 g/mol. The molecule has 0 aromatic heterocycles. The smallest absolute Gasteiger partial charge is 0.122 e. The molecule has 0 amide bonds. The minimum Gasteiger partial charge on any atom is -0.494 e. The highest BCUT2D eigenvalue weighted by Gasteiger charge is 2.11. The van der Waals surface area contributed by atoms with E-state index in [9.17, 15) is 0 Å². The Morgan fingerprint density at radius 2 is 1.65 bits per heavy atom. The number of nitrogens with one attached hydrogen (secondary N) is 1. The molecule has 26 heavy (non-hydrogen) atoms. The third kappa shape index (κ3) is 9.05. The highest BCUT2D eigenvalue weighted by molar-refractivity contribution is 5.33. The van der Waals surface area contributed by atoms with E-state index in [-0.39, 0.29) is 0 Å². The second kappa shape index (κ2) is 14.1. The summed E-state index contributed by atoms with van der Waals surface area (Å²) in [5, 5.41) is 3.45. The number of rotatable bonds is 14. The molecule has 1 saturated heterocycles. The van der Waals surface area contributed by atoms with E-state index < -0.39 is 0 Å². The van der Waals surface area contributed by atoms with Gasteiger partial charge in [0.1, 0.15) is 5.75 Å². The van der Waals surface area contributed by atoms with Gasteiger partial charge in [0.2, 0.25) is 0 Å². The van der Waals surface area contributed by atoms with Crippen LogP contribution < -0.4 is 10.1 Å². The highest BCUT2D eigenvalue weighted by Crippen LogP contribution is 2.21. The highest BCUT2D eigenvalue weighted by atomic mass is 16.5. The standard InChI is InChI=1S/C23H39NO2/c1-2-26-23-14-8-7-13-22(23)12-6-4-10-20-25-19-9-3-5-11-21-15-17-24-18-16-21/h7-8,13-14,21,24H,2-6,9-12,15-20H2,1H3. The predicted octanol–water partition coefficient (Wildman–Crippen LogP) is 5.37. The van der Waals surface area contributed by atoms with Crippen molar-refractivity contribution in [2.45, 2.75) is 71.1 Å². The van der Waals surface area contributed by atoms with E-state index >= 15 is 0 Å². The molecule has 0 atom stereocenters. The van der Waals surface area contributed by atoms with E-state index in [1.54, 1.807) is 0 Å². The number of hydrogen-bond donors (Lipinski definition) is 1. The number of unbranched alkanes of at least 4 members (excludes halogenated alkanes) is 4. The summed E-state index contributed by atoms with van der Waals surface area (Å²) >= 11 is 0. The van der Waals surface area contributed by atoms with Crippen LogP contribution >= 0.6 is 0 Å². The number of aryl methyl sites for hydroxylation is 1. The predicted molar refractivity (Wildman–Crippen MR) is 110 cm³/mol. The molecule has 3 nitrogen and oxygen atoms in total. The quantitative estimate of drug-likeness (QED) is 0.452. The van der Waals surface area contributed by atoms with Gasteiger partial charge in [-0.3, -0.25) is 0 Å². The molecule has 1 aliphatic rings. The maximum Gasteiger partial charge on any atom is 0.122 e. The molecule has 1 heterocycles. The average molecular weight is 362 g/mol. The first kappa shape index (κ1) is 21.2. The molecule has 1 fully saturated rings. The minimum absolute atomic E-state index is 0.739. The van der Waals surface area contributed by atoms with Crippen LogP contribution in [0.15, 0.2) is 24.3 Å². The molecule has 2 rings (SSSR count). The normalized spacial score (nSPS) is 15.3. The van der Waals surface area contributed by atoms with Gasteiger partial charge in [0, 0.05) is 13.2 Å². The molecule has 1 aromatic rings. The Kier molecular flexibility index (Phi) is 11.5. The summed E-state index contributed by atoms with van der Waals surface area (Å²) in [4.78, 5) is 0. The topological polar surface area (TPSA) is 30.5 Å². The lowest BCUT2D eigenvalue weighted by atomic mass is 9.92. The second-order valence-electron chi connectivity index (χ2n) is 7.51. The summed E-state index contributed by atoms with van der Waals surface area (Å²) in [5.74, 6) is 2.03. The van der Waals surface area contributed by atoms with Gasteiger partial charge in [0.05, 0.1) is 6.61 Å². The molecule has 148 valence electrons. The van der Waals surface area contributed by atoms with Crippen molar-refractivity contribution in [2.75, 3.05) is 32.9 Å². The molecule has 0 unspecified atom stereocenters. The van der Waals surface area contributed by atoms with Crippen molar-refractivity contribution in [3.63, 3.8) is 0 Å². The molecule has 0 aliphatic carbocycles. The van der Waals surface area contributed by atoms with Crippen LogP contribution in [0.1, 0.15) is 70.3 Å². The van der Waals surface area contributed by atoms with E-state index in [2.05, 4.69) is 29.6 Å². The number of ether oxygens (including phenoxy) is 2. The molecule has 3 heteroatoms. The summed E-state index contributed by atoms with van der Waals surface area (Å²) in [6, 6.07) is 8.42. The largest absolute Gasteiger partial charge is 0.494 e. The third-order valence-corrected chi connectivity index (χ3v) is 5.37. The van der Waals surface area contributed by atoms with Crippen LogP contribution in [0.3, 0.4) is 0 Å². The summed E-state index contributed by atoms with van der Waals surface area (Å²) in [5.41, 5.74) is 1.34. The van der Waals surface area contributed by atoms with Crippen molar-refractivity contribution in [2.24, 2.45) is 5.92 Å². The zero-order valence-electron chi connectivity index (χ0n) is 16.8. The zero-order chi connectivity index (χ0) is 18.3. The van der Waals surface area contributed by atoms with Crippen molar-refractivity contribution in [3.8, 4) is 5.75 Å². The van der Waals surface area contributed by atoms with Crippen LogP contribution in [0.4, 0.5) is 0 Å². The van der Waals surface area contributed by atoms with Crippen LogP contribution in [0.25, 0.3) is 0 Å². The zero-order valence-corrected chi connectivity index (χ0v) is 16.8. The fourth-order valence-electron chi connectivity index (χ4n) is 3.79. The van der Waals surface area contributed by atoms with E-state index in [4.69, 9.17) is 9.47 Å². The SMILES string of the molecule is CCOc1ccccc1CCCCCOCCCCCC1CCNCC1.